The van der Waals surface area contributed by atoms with Crippen LogP contribution in [0, 0.1) is 0 Å². The van der Waals surface area contributed by atoms with Gasteiger partial charge in [0.1, 0.15) is 0 Å². The highest BCUT2D eigenvalue weighted by atomic mass is 32.2. The van der Waals surface area contributed by atoms with E-state index in [0.29, 0.717) is 23.6 Å². The second kappa shape index (κ2) is 9.69. The van der Waals surface area contributed by atoms with Crippen molar-refractivity contribution in [2.24, 2.45) is 0 Å². The minimum absolute atomic E-state index is 0.000471. The molecule has 1 aromatic heterocycles. The Kier molecular flexibility index (Phi) is 7.57. The fourth-order valence-electron chi connectivity index (χ4n) is 1.59. The van der Waals surface area contributed by atoms with Crippen LogP contribution in [0.5, 0.6) is 0 Å². The van der Waals surface area contributed by atoms with Gasteiger partial charge < -0.3 is 5.32 Å². The van der Waals surface area contributed by atoms with Crippen LogP contribution in [0.25, 0.3) is 0 Å². The molecule has 1 N–H and O–H groups in total. The molecule has 23 heavy (non-hydrogen) atoms. The predicted octanol–water partition coefficient (Wildman–Crippen LogP) is 3.13. The summed E-state index contributed by atoms with van der Waals surface area (Å²) in [6, 6.07) is 9.19. The van der Waals surface area contributed by atoms with Crippen LogP contribution < -0.4 is 5.32 Å². The number of ketones is 1. The first kappa shape index (κ1) is 18.0. The summed E-state index contributed by atoms with van der Waals surface area (Å²) in [4.78, 5) is 23.5. The third-order valence-corrected chi connectivity index (χ3v) is 5.90. The number of benzene rings is 1. The summed E-state index contributed by atoms with van der Waals surface area (Å²) in [6.45, 7) is 2.70. The average molecular weight is 368 g/mol. The van der Waals surface area contributed by atoms with Crippen LogP contribution >= 0.6 is 34.9 Å². The SMILES string of the molecule is CCCNC(=O)CSc1nnc(SCC(=O)c2ccccc2)s1. The molecule has 0 aliphatic heterocycles. The molecular formula is C15H17N3O2S3. The first-order valence-corrected chi connectivity index (χ1v) is 9.92. The van der Waals surface area contributed by atoms with E-state index in [1.54, 1.807) is 12.1 Å². The zero-order chi connectivity index (χ0) is 16.5. The Bertz CT molecular complexity index is 646. The number of carbonyl (C=O) groups excluding carboxylic acids is 2. The Balaban J connectivity index is 1.76. The fraction of sp³-hybridized carbons (Fsp3) is 0.333. The molecule has 0 fully saturated rings. The lowest BCUT2D eigenvalue weighted by atomic mass is 10.2. The standard InChI is InChI=1S/C15H17N3O2S3/c1-2-8-16-13(20)10-22-15-18-17-14(23-15)21-9-12(19)11-6-4-3-5-7-11/h3-7H,2,8-10H2,1H3,(H,16,20). The Morgan fingerprint density at radius 1 is 1.09 bits per heavy atom. The van der Waals surface area contributed by atoms with E-state index < -0.39 is 0 Å². The third-order valence-electron chi connectivity index (χ3n) is 2.71. The number of nitrogens with one attached hydrogen (secondary N) is 1. The van der Waals surface area contributed by atoms with Gasteiger partial charge in [0.2, 0.25) is 5.91 Å². The van der Waals surface area contributed by atoms with Crippen molar-refractivity contribution in [1.29, 1.82) is 0 Å². The minimum atomic E-state index is 0.000471. The highest BCUT2D eigenvalue weighted by Gasteiger charge is 2.11. The highest BCUT2D eigenvalue weighted by Crippen LogP contribution is 2.29. The van der Waals surface area contributed by atoms with Gasteiger partial charge in [-0.25, -0.2) is 0 Å². The Morgan fingerprint density at radius 3 is 2.39 bits per heavy atom. The van der Waals surface area contributed by atoms with Gasteiger partial charge >= 0.3 is 0 Å². The van der Waals surface area contributed by atoms with E-state index >= 15 is 0 Å². The number of nitrogens with zero attached hydrogens (tertiary/aromatic N) is 2. The number of amides is 1. The molecule has 0 atom stereocenters. The maximum absolute atomic E-state index is 12.0. The normalized spacial score (nSPS) is 10.5. The molecule has 0 spiro atoms. The van der Waals surface area contributed by atoms with E-state index in [4.69, 9.17) is 0 Å². The van der Waals surface area contributed by atoms with E-state index in [9.17, 15) is 9.59 Å². The summed E-state index contributed by atoms with van der Waals surface area (Å²) in [6.07, 6.45) is 0.922. The third kappa shape index (κ3) is 6.32. The number of hydrogen-bond donors (Lipinski definition) is 1. The molecule has 0 aliphatic carbocycles. The number of aromatic nitrogens is 2. The molecule has 0 saturated heterocycles. The lowest BCUT2D eigenvalue weighted by molar-refractivity contribution is -0.118. The summed E-state index contributed by atoms with van der Waals surface area (Å²) in [5.74, 6) is 0.738. The lowest BCUT2D eigenvalue weighted by Crippen LogP contribution is -2.25. The van der Waals surface area contributed by atoms with Gasteiger partial charge in [-0.2, -0.15) is 0 Å². The average Bonchev–Trinajstić information content (AvgIpc) is 3.04. The van der Waals surface area contributed by atoms with E-state index in [1.165, 1.54) is 34.9 Å². The van der Waals surface area contributed by atoms with Crippen molar-refractivity contribution >= 4 is 46.6 Å². The topological polar surface area (TPSA) is 72.0 Å². The summed E-state index contributed by atoms with van der Waals surface area (Å²) < 4.78 is 1.48. The van der Waals surface area contributed by atoms with Gasteiger partial charge in [-0.15, -0.1) is 10.2 Å². The zero-order valence-corrected chi connectivity index (χ0v) is 15.1. The number of carbonyl (C=O) groups is 2. The molecule has 2 aromatic rings. The molecule has 1 aromatic carbocycles. The molecule has 0 unspecified atom stereocenters. The number of hydrogen-bond acceptors (Lipinski definition) is 7. The Morgan fingerprint density at radius 2 is 1.74 bits per heavy atom. The van der Waals surface area contributed by atoms with Gasteiger partial charge in [-0.3, -0.25) is 9.59 Å². The molecule has 1 amide bonds. The van der Waals surface area contributed by atoms with Crippen molar-refractivity contribution in [2.45, 2.75) is 22.0 Å². The number of thioether (sulfide) groups is 2. The Labute approximate surface area is 147 Å². The van der Waals surface area contributed by atoms with Crippen LogP contribution in [-0.4, -0.2) is 39.9 Å². The summed E-state index contributed by atoms with van der Waals surface area (Å²) in [7, 11) is 0. The molecule has 0 aliphatic rings. The maximum atomic E-state index is 12.0. The molecule has 0 saturated carbocycles. The summed E-state index contributed by atoms with van der Waals surface area (Å²) >= 11 is 4.15. The van der Waals surface area contributed by atoms with Crippen molar-refractivity contribution in [1.82, 2.24) is 15.5 Å². The minimum Gasteiger partial charge on any atom is -0.355 e. The predicted molar refractivity (Wildman–Crippen MR) is 95.4 cm³/mol. The van der Waals surface area contributed by atoms with Crippen LogP contribution in [0.1, 0.15) is 23.7 Å². The lowest BCUT2D eigenvalue weighted by Gasteiger charge is -2.00. The van der Waals surface area contributed by atoms with E-state index in [-0.39, 0.29) is 11.7 Å². The van der Waals surface area contributed by atoms with Gasteiger partial charge in [0.05, 0.1) is 11.5 Å². The molecule has 0 bridgehead atoms. The van der Waals surface area contributed by atoms with Crippen molar-refractivity contribution in [3.63, 3.8) is 0 Å². The first-order chi connectivity index (χ1) is 11.2. The Hall–Kier alpha value is -1.38. The van der Waals surface area contributed by atoms with Gasteiger partial charge in [-0.05, 0) is 6.42 Å². The van der Waals surface area contributed by atoms with Gasteiger partial charge in [0.25, 0.3) is 0 Å². The molecule has 122 valence electrons. The van der Waals surface area contributed by atoms with Crippen molar-refractivity contribution in [3.8, 4) is 0 Å². The van der Waals surface area contributed by atoms with E-state index in [0.717, 1.165) is 15.1 Å². The fourth-order valence-corrected chi connectivity index (χ4v) is 4.34. The molecular weight excluding hydrogens is 350 g/mol. The first-order valence-electron chi connectivity index (χ1n) is 7.13. The maximum Gasteiger partial charge on any atom is 0.230 e. The van der Waals surface area contributed by atoms with E-state index in [1.807, 2.05) is 25.1 Å². The molecule has 5 nitrogen and oxygen atoms in total. The van der Waals surface area contributed by atoms with Crippen LogP contribution in [0.3, 0.4) is 0 Å². The van der Waals surface area contributed by atoms with Crippen LogP contribution in [0.4, 0.5) is 0 Å². The van der Waals surface area contributed by atoms with Gasteiger partial charge in [-0.1, -0.05) is 72.1 Å². The quantitative estimate of drug-likeness (QED) is 0.542. The van der Waals surface area contributed by atoms with Crippen LogP contribution in [0.15, 0.2) is 39.0 Å². The van der Waals surface area contributed by atoms with Crippen molar-refractivity contribution in [3.05, 3.63) is 35.9 Å². The number of Topliss-reactive ketones (excluding diaryl/α,β-unsaturated/α-hetero) is 1. The molecule has 1 heterocycles. The summed E-state index contributed by atoms with van der Waals surface area (Å²) in [5.41, 5.74) is 0.701. The highest BCUT2D eigenvalue weighted by molar-refractivity contribution is 8.03. The van der Waals surface area contributed by atoms with Crippen LogP contribution in [0.2, 0.25) is 0 Å². The molecule has 8 heteroatoms. The molecule has 2 rings (SSSR count). The van der Waals surface area contributed by atoms with Gasteiger partial charge in [0.15, 0.2) is 14.5 Å². The van der Waals surface area contributed by atoms with Crippen LogP contribution in [-0.2, 0) is 4.79 Å². The second-order valence-corrected chi connectivity index (χ2v) is 7.97. The van der Waals surface area contributed by atoms with Gasteiger partial charge in [0, 0.05) is 12.1 Å². The van der Waals surface area contributed by atoms with E-state index in [2.05, 4.69) is 15.5 Å². The zero-order valence-electron chi connectivity index (χ0n) is 12.7. The summed E-state index contributed by atoms with van der Waals surface area (Å²) in [5, 5.41) is 10.9. The second-order valence-electron chi connectivity index (χ2n) is 4.55. The smallest absolute Gasteiger partial charge is 0.230 e. The van der Waals surface area contributed by atoms with Crippen molar-refractivity contribution < 1.29 is 9.59 Å². The number of rotatable bonds is 9. The monoisotopic (exact) mass is 367 g/mol. The molecule has 0 radical (unpaired) electrons. The van der Waals surface area contributed by atoms with Crippen molar-refractivity contribution in [2.75, 3.05) is 18.1 Å². The largest absolute Gasteiger partial charge is 0.355 e.